The van der Waals surface area contributed by atoms with E-state index in [-0.39, 0.29) is 17.8 Å². The Labute approximate surface area is 115 Å². The molecule has 0 heterocycles. The fourth-order valence-corrected chi connectivity index (χ4v) is 2.15. The summed E-state index contributed by atoms with van der Waals surface area (Å²) in [6.07, 6.45) is 0. The maximum atomic E-state index is 13.8. The summed E-state index contributed by atoms with van der Waals surface area (Å²) in [7, 11) is 0. The third-order valence-corrected chi connectivity index (χ3v) is 3.33. The minimum atomic E-state index is -0.469. The van der Waals surface area contributed by atoms with Gasteiger partial charge in [-0.15, -0.1) is 0 Å². The summed E-state index contributed by atoms with van der Waals surface area (Å²) in [4.78, 5) is 11.3. The van der Waals surface area contributed by atoms with Crippen molar-refractivity contribution in [2.75, 3.05) is 0 Å². The third kappa shape index (κ3) is 3.78. The van der Waals surface area contributed by atoms with Crippen molar-refractivity contribution in [1.29, 1.82) is 0 Å². The maximum absolute atomic E-state index is 13.8. The van der Waals surface area contributed by atoms with Crippen LogP contribution >= 0.6 is 15.9 Å². The molecule has 100 valence electrons. The highest BCUT2D eigenvalue weighted by Crippen LogP contribution is 2.22. The monoisotopic (exact) mass is 316 g/mol. The zero-order chi connectivity index (χ0) is 13.9. The molecule has 0 aliphatic carbocycles. The number of hydrogen-bond acceptors (Lipinski definition) is 2. The van der Waals surface area contributed by atoms with Gasteiger partial charge in [-0.25, -0.2) is 4.39 Å². The molecule has 2 unspecified atom stereocenters. The molecule has 0 radical (unpaired) electrons. The van der Waals surface area contributed by atoms with Crippen LogP contribution in [0.2, 0.25) is 0 Å². The second-order valence-corrected chi connectivity index (χ2v) is 5.59. The molecule has 5 heteroatoms. The molecule has 0 aliphatic rings. The number of carbonyl (C=O) groups excluding carboxylic acids is 1. The van der Waals surface area contributed by atoms with Gasteiger partial charge in [0.05, 0.1) is 6.04 Å². The third-order valence-electron chi connectivity index (χ3n) is 2.83. The lowest BCUT2D eigenvalue weighted by Gasteiger charge is -2.24. The Morgan fingerprint density at radius 1 is 1.39 bits per heavy atom. The first-order valence-electron chi connectivity index (χ1n) is 5.83. The summed E-state index contributed by atoms with van der Waals surface area (Å²) in [6, 6.07) is 4.11. The van der Waals surface area contributed by atoms with Crippen molar-refractivity contribution in [1.82, 2.24) is 5.32 Å². The molecule has 0 bridgehead atoms. The zero-order valence-corrected chi connectivity index (χ0v) is 12.3. The molecule has 2 atom stereocenters. The smallest absolute Gasteiger partial charge is 0.234 e. The first-order valence-corrected chi connectivity index (χ1v) is 6.62. The average molecular weight is 317 g/mol. The Balaban J connectivity index is 2.87. The van der Waals surface area contributed by atoms with Crippen LogP contribution in [0.25, 0.3) is 0 Å². The lowest BCUT2D eigenvalue weighted by molar-refractivity contribution is -0.121. The van der Waals surface area contributed by atoms with E-state index in [9.17, 15) is 9.18 Å². The van der Waals surface area contributed by atoms with E-state index in [1.807, 2.05) is 20.8 Å². The van der Waals surface area contributed by atoms with E-state index in [0.29, 0.717) is 10.0 Å². The van der Waals surface area contributed by atoms with Gasteiger partial charge in [0.1, 0.15) is 5.82 Å². The summed E-state index contributed by atoms with van der Waals surface area (Å²) < 4.78 is 14.5. The number of primary amides is 1. The van der Waals surface area contributed by atoms with Gasteiger partial charge < -0.3 is 5.73 Å². The van der Waals surface area contributed by atoms with Crippen LogP contribution in [0.3, 0.4) is 0 Å². The predicted octanol–water partition coefficient (Wildman–Crippen LogP) is 2.75. The molecule has 3 nitrogen and oxygen atoms in total. The van der Waals surface area contributed by atoms with Crippen molar-refractivity contribution < 1.29 is 9.18 Å². The molecule has 1 aromatic carbocycles. The minimum absolute atomic E-state index is 0.0588. The number of carbonyl (C=O) groups is 1. The molecule has 1 rings (SSSR count). The van der Waals surface area contributed by atoms with Gasteiger partial charge in [0.15, 0.2) is 0 Å². The maximum Gasteiger partial charge on any atom is 0.234 e. The quantitative estimate of drug-likeness (QED) is 0.877. The number of amides is 1. The average Bonchev–Trinajstić information content (AvgIpc) is 2.24. The van der Waals surface area contributed by atoms with Crippen LogP contribution < -0.4 is 11.1 Å². The molecule has 3 N–H and O–H groups in total. The molecule has 0 aromatic heterocycles. The van der Waals surface area contributed by atoms with Crippen molar-refractivity contribution in [2.45, 2.75) is 32.9 Å². The van der Waals surface area contributed by atoms with Gasteiger partial charge in [0, 0.05) is 16.1 Å². The van der Waals surface area contributed by atoms with Crippen molar-refractivity contribution in [3.8, 4) is 0 Å². The van der Waals surface area contributed by atoms with Gasteiger partial charge in [-0.1, -0.05) is 35.8 Å². The van der Waals surface area contributed by atoms with Crippen LogP contribution in [0, 0.1) is 11.7 Å². The van der Waals surface area contributed by atoms with Crippen LogP contribution in [-0.4, -0.2) is 11.9 Å². The molecule has 0 saturated heterocycles. The number of benzene rings is 1. The SMILES string of the molecule is CC(NC(C(N)=O)C(C)C)c1ccc(Br)cc1F. The fourth-order valence-electron chi connectivity index (χ4n) is 1.81. The number of nitrogens with one attached hydrogen (secondary N) is 1. The largest absolute Gasteiger partial charge is 0.368 e. The molecule has 0 saturated carbocycles. The number of rotatable bonds is 5. The number of nitrogens with two attached hydrogens (primary N) is 1. The Morgan fingerprint density at radius 3 is 2.44 bits per heavy atom. The van der Waals surface area contributed by atoms with E-state index in [2.05, 4.69) is 21.2 Å². The molecule has 0 aliphatic heterocycles. The van der Waals surface area contributed by atoms with Crippen LogP contribution in [0.4, 0.5) is 4.39 Å². The van der Waals surface area contributed by atoms with E-state index >= 15 is 0 Å². The van der Waals surface area contributed by atoms with Crippen molar-refractivity contribution in [2.24, 2.45) is 11.7 Å². The minimum Gasteiger partial charge on any atom is -0.368 e. The Morgan fingerprint density at radius 2 is 2.00 bits per heavy atom. The lowest BCUT2D eigenvalue weighted by atomic mass is 10.0. The van der Waals surface area contributed by atoms with Gasteiger partial charge in [-0.3, -0.25) is 10.1 Å². The number of halogens is 2. The second kappa shape index (κ2) is 6.29. The van der Waals surface area contributed by atoms with Crippen LogP contribution in [0.15, 0.2) is 22.7 Å². The Bertz CT molecular complexity index is 437. The van der Waals surface area contributed by atoms with Gasteiger partial charge in [0.25, 0.3) is 0 Å². The van der Waals surface area contributed by atoms with Gasteiger partial charge in [-0.05, 0) is 25.0 Å². The van der Waals surface area contributed by atoms with Gasteiger partial charge in [0.2, 0.25) is 5.91 Å². The van der Waals surface area contributed by atoms with Gasteiger partial charge >= 0.3 is 0 Å². The van der Waals surface area contributed by atoms with Crippen molar-refractivity contribution in [3.05, 3.63) is 34.1 Å². The predicted molar refractivity (Wildman–Crippen MR) is 73.5 cm³/mol. The standard InChI is InChI=1S/C13H18BrFN2O/c1-7(2)12(13(16)18)17-8(3)10-5-4-9(14)6-11(10)15/h4-8,12,17H,1-3H3,(H2,16,18). The normalized spacial score (nSPS) is 14.6. The van der Waals surface area contributed by atoms with E-state index in [0.717, 1.165) is 0 Å². The molecule has 0 spiro atoms. The molecular weight excluding hydrogens is 299 g/mol. The van der Waals surface area contributed by atoms with E-state index in [4.69, 9.17) is 5.73 Å². The summed E-state index contributed by atoms with van der Waals surface area (Å²) in [6.45, 7) is 5.60. The highest BCUT2D eigenvalue weighted by molar-refractivity contribution is 9.10. The second-order valence-electron chi connectivity index (χ2n) is 4.68. The molecule has 0 fully saturated rings. The van der Waals surface area contributed by atoms with Crippen LogP contribution in [0.5, 0.6) is 0 Å². The summed E-state index contributed by atoms with van der Waals surface area (Å²) in [5.41, 5.74) is 5.84. The molecule has 1 aromatic rings. The summed E-state index contributed by atoms with van der Waals surface area (Å²) in [5.74, 6) is -0.672. The van der Waals surface area contributed by atoms with E-state index in [1.54, 1.807) is 12.1 Å². The fraction of sp³-hybridized carbons (Fsp3) is 0.462. The highest BCUT2D eigenvalue weighted by atomic mass is 79.9. The van der Waals surface area contributed by atoms with Crippen LogP contribution in [0.1, 0.15) is 32.4 Å². The van der Waals surface area contributed by atoms with Crippen molar-refractivity contribution >= 4 is 21.8 Å². The topological polar surface area (TPSA) is 55.1 Å². The molecule has 18 heavy (non-hydrogen) atoms. The van der Waals surface area contributed by atoms with E-state index in [1.165, 1.54) is 6.07 Å². The van der Waals surface area contributed by atoms with Gasteiger partial charge in [-0.2, -0.15) is 0 Å². The van der Waals surface area contributed by atoms with Crippen LogP contribution in [-0.2, 0) is 4.79 Å². The van der Waals surface area contributed by atoms with Crippen molar-refractivity contribution in [3.63, 3.8) is 0 Å². The summed E-state index contributed by atoms with van der Waals surface area (Å²) >= 11 is 3.21. The molecule has 1 amide bonds. The first kappa shape index (κ1) is 15.1. The number of hydrogen-bond donors (Lipinski definition) is 2. The lowest BCUT2D eigenvalue weighted by Crippen LogP contribution is -2.46. The summed E-state index contributed by atoms with van der Waals surface area (Å²) in [5, 5.41) is 3.06. The highest BCUT2D eigenvalue weighted by Gasteiger charge is 2.22. The Hall–Kier alpha value is -0.940. The first-order chi connectivity index (χ1) is 8.32. The molecular formula is C13H18BrFN2O. The Kier molecular flexibility index (Phi) is 5.28. The zero-order valence-electron chi connectivity index (χ0n) is 10.7. The van der Waals surface area contributed by atoms with E-state index < -0.39 is 11.9 Å².